The number of carboxylic acid groups (broad SMARTS) is 2. The fourth-order valence-corrected chi connectivity index (χ4v) is 5.79. The van der Waals surface area contributed by atoms with Gasteiger partial charge in [0.1, 0.15) is 49.1 Å². The fourth-order valence-electron chi connectivity index (χ4n) is 5.79. The minimum Gasteiger partial charge on any atom is -0.491 e. The number of aromatic carboxylic acids is 2. The molecule has 0 amide bonds. The minimum absolute atomic E-state index is 0.184. The van der Waals surface area contributed by atoms with Crippen molar-refractivity contribution >= 4 is 33.5 Å². The van der Waals surface area contributed by atoms with Crippen LogP contribution in [0.2, 0.25) is 0 Å². The molecule has 2 N–H and O–H groups in total. The predicted octanol–water partition coefficient (Wildman–Crippen LogP) is 5.89. The summed E-state index contributed by atoms with van der Waals surface area (Å²) in [6.07, 6.45) is -2.01. The number of hydrogen-bond donors (Lipinski definition) is 2. The van der Waals surface area contributed by atoms with Crippen LogP contribution in [0, 0.1) is 0 Å². The summed E-state index contributed by atoms with van der Waals surface area (Å²) >= 11 is 0. The van der Waals surface area contributed by atoms with Crippen LogP contribution in [0.3, 0.4) is 0 Å². The molecule has 0 aromatic heterocycles. The van der Waals surface area contributed by atoms with Gasteiger partial charge in [0.2, 0.25) is 0 Å². The Bertz CT molecular complexity index is 1600. The summed E-state index contributed by atoms with van der Waals surface area (Å²) in [6, 6.07) is 20.9. The average Bonchev–Trinajstić information content (AvgIpc) is 3.47. The van der Waals surface area contributed by atoms with E-state index in [4.69, 9.17) is 28.4 Å². The summed E-state index contributed by atoms with van der Waals surface area (Å²) in [6.45, 7) is 7.73. The van der Waals surface area contributed by atoms with Crippen LogP contribution in [0.15, 0.2) is 72.8 Å². The van der Waals surface area contributed by atoms with Gasteiger partial charge in [-0.25, -0.2) is 9.59 Å². The highest BCUT2D eigenvalue weighted by Crippen LogP contribution is 2.39. The van der Waals surface area contributed by atoms with Gasteiger partial charge in [-0.15, -0.1) is 0 Å². The zero-order chi connectivity index (χ0) is 31.2. The molecule has 2 heterocycles. The molecule has 2 aliphatic heterocycles. The van der Waals surface area contributed by atoms with E-state index in [0.717, 1.165) is 21.5 Å². The summed E-state index contributed by atoms with van der Waals surface area (Å²) in [7, 11) is 0. The molecule has 2 saturated heterocycles. The maximum Gasteiger partial charge on any atom is 0.335 e. The Morgan fingerprint density at radius 3 is 1.34 bits per heavy atom. The van der Waals surface area contributed by atoms with Crippen molar-refractivity contribution in [2.24, 2.45) is 0 Å². The molecule has 2 fully saturated rings. The zero-order valence-corrected chi connectivity index (χ0v) is 24.8. The van der Waals surface area contributed by atoms with Crippen LogP contribution >= 0.6 is 0 Å². The molecule has 4 aromatic carbocycles. The Morgan fingerprint density at radius 1 is 0.591 bits per heavy atom. The normalized spacial score (nSPS) is 24.0. The van der Waals surface area contributed by atoms with E-state index in [1.165, 1.54) is 0 Å². The van der Waals surface area contributed by atoms with Crippen molar-refractivity contribution in [3.05, 3.63) is 83.9 Å². The van der Waals surface area contributed by atoms with Gasteiger partial charge in [0, 0.05) is 0 Å². The lowest BCUT2D eigenvalue weighted by atomic mass is 10.0. The Morgan fingerprint density at radius 2 is 0.955 bits per heavy atom. The van der Waals surface area contributed by atoms with E-state index in [9.17, 15) is 19.8 Å². The smallest absolute Gasteiger partial charge is 0.335 e. The van der Waals surface area contributed by atoms with Crippen molar-refractivity contribution in [3.8, 4) is 11.5 Å². The van der Waals surface area contributed by atoms with Gasteiger partial charge in [0.25, 0.3) is 0 Å². The van der Waals surface area contributed by atoms with Gasteiger partial charge in [-0.2, -0.15) is 0 Å². The first-order chi connectivity index (χ1) is 20.9. The third-order valence-electron chi connectivity index (χ3n) is 7.71. The van der Waals surface area contributed by atoms with Crippen LogP contribution in [-0.4, -0.2) is 71.4 Å². The van der Waals surface area contributed by atoms with Crippen molar-refractivity contribution in [1.82, 2.24) is 0 Å². The standard InChI is InChI=1S/C34H34O10/c1-33(2)41-27(17-39-25-11-9-19-13-23(31(35)36)7-5-21(19)15-25)29(43-33)30-28(42-34(3,4)44-30)18-40-26-12-10-20-14-24(32(37)38)8-6-22(20)16-26/h5-16,27-30H,17-18H2,1-4H3,(H,35,36)(H,37,38)/t27-,28+,29+,30-. The highest BCUT2D eigenvalue weighted by molar-refractivity contribution is 5.95. The lowest BCUT2D eigenvalue weighted by Gasteiger charge is -2.26. The molecule has 0 unspecified atom stereocenters. The van der Waals surface area contributed by atoms with Crippen LogP contribution in [0.25, 0.3) is 21.5 Å². The predicted molar refractivity (Wildman–Crippen MR) is 160 cm³/mol. The molecular formula is C34H34O10. The Balaban J connectivity index is 1.16. The largest absolute Gasteiger partial charge is 0.491 e. The minimum atomic E-state index is -0.974. The highest BCUT2D eigenvalue weighted by Gasteiger charge is 2.54. The molecule has 0 radical (unpaired) electrons. The quantitative estimate of drug-likeness (QED) is 0.239. The second-order valence-electron chi connectivity index (χ2n) is 12.0. The summed E-state index contributed by atoms with van der Waals surface area (Å²) in [4.78, 5) is 22.6. The molecule has 10 heteroatoms. The number of carboxylic acids is 2. The first-order valence-corrected chi connectivity index (χ1v) is 14.4. The molecule has 2 aliphatic rings. The summed E-state index contributed by atoms with van der Waals surface area (Å²) in [5, 5.41) is 21.9. The third-order valence-corrected chi connectivity index (χ3v) is 7.71. The Hall–Kier alpha value is -4.22. The molecule has 6 rings (SSSR count). The van der Waals surface area contributed by atoms with Crippen molar-refractivity contribution in [2.45, 2.75) is 63.7 Å². The Labute approximate surface area is 254 Å². The summed E-state index contributed by atoms with van der Waals surface area (Å²) < 4.78 is 37.5. The molecule has 4 aromatic rings. The van der Waals surface area contributed by atoms with Gasteiger partial charge in [0.15, 0.2) is 11.6 Å². The zero-order valence-electron chi connectivity index (χ0n) is 24.8. The van der Waals surface area contributed by atoms with Crippen molar-refractivity contribution < 1.29 is 48.2 Å². The van der Waals surface area contributed by atoms with E-state index in [1.54, 1.807) is 48.5 Å². The van der Waals surface area contributed by atoms with Crippen LogP contribution in [0.4, 0.5) is 0 Å². The van der Waals surface area contributed by atoms with E-state index >= 15 is 0 Å². The van der Waals surface area contributed by atoms with Gasteiger partial charge < -0.3 is 38.6 Å². The summed E-state index contributed by atoms with van der Waals surface area (Å²) in [5.41, 5.74) is 0.450. The first-order valence-electron chi connectivity index (χ1n) is 14.4. The monoisotopic (exact) mass is 602 g/mol. The molecule has 44 heavy (non-hydrogen) atoms. The van der Waals surface area contributed by atoms with E-state index < -0.39 is 47.9 Å². The molecule has 10 nitrogen and oxygen atoms in total. The molecule has 4 atom stereocenters. The van der Waals surface area contributed by atoms with Crippen molar-refractivity contribution in [1.29, 1.82) is 0 Å². The second kappa shape index (κ2) is 11.4. The number of rotatable bonds is 9. The lowest BCUT2D eigenvalue weighted by molar-refractivity contribution is -0.175. The molecular weight excluding hydrogens is 568 g/mol. The third kappa shape index (κ3) is 6.34. The van der Waals surface area contributed by atoms with E-state index in [0.29, 0.717) is 11.5 Å². The fraction of sp³-hybridized carbons (Fsp3) is 0.353. The molecule has 230 valence electrons. The van der Waals surface area contributed by atoms with Crippen LogP contribution in [0.5, 0.6) is 11.5 Å². The number of carbonyl (C=O) groups is 2. The number of fused-ring (bicyclic) bond motifs is 2. The molecule has 0 saturated carbocycles. The van der Waals surface area contributed by atoms with Gasteiger partial charge >= 0.3 is 11.9 Å². The van der Waals surface area contributed by atoms with Gasteiger partial charge in [-0.1, -0.05) is 24.3 Å². The van der Waals surface area contributed by atoms with Gasteiger partial charge in [-0.05, 0) is 97.8 Å². The maximum atomic E-state index is 11.3. The number of benzene rings is 4. The first kappa shape index (κ1) is 29.8. The van der Waals surface area contributed by atoms with E-state index in [2.05, 4.69) is 0 Å². The Kier molecular flexibility index (Phi) is 7.71. The topological polar surface area (TPSA) is 130 Å². The SMILES string of the molecule is CC1(C)O[C@@H]([C@H]2OC(C)(C)O[C@@H]2COc2ccc3cc(C(=O)O)ccc3c2)[C@H](COc2ccc3cc(C(=O)O)ccc3c2)O1. The molecule has 0 bridgehead atoms. The molecule has 0 aliphatic carbocycles. The molecule has 0 spiro atoms. The van der Waals surface area contributed by atoms with E-state index in [1.807, 2.05) is 52.0 Å². The van der Waals surface area contributed by atoms with Crippen LogP contribution in [0.1, 0.15) is 48.4 Å². The maximum absolute atomic E-state index is 11.3. The van der Waals surface area contributed by atoms with Gasteiger partial charge in [-0.3, -0.25) is 0 Å². The lowest BCUT2D eigenvalue weighted by Crippen LogP contribution is -2.45. The summed E-state index contributed by atoms with van der Waals surface area (Å²) in [5.74, 6) is -2.49. The number of hydrogen-bond acceptors (Lipinski definition) is 8. The number of ether oxygens (including phenoxy) is 6. The van der Waals surface area contributed by atoms with E-state index in [-0.39, 0.29) is 24.3 Å². The second-order valence-corrected chi connectivity index (χ2v) is 12.0. The van der Waals surface area contributed by atoms with Crippen molar-refractivity contribution in [2.75, 3.05) is 13.2 Å². The highest BCUT2D eigenvalue weighted by atomic mass is 16.8. The van der Waals surface area contributed by atoms with Crippen LogP contribution < -0.4 is 9.47 Å². The van der Waals surface area contributed by atoms with Crippen molar-refractivity contribution in [3.63, 3.8) is 0 Å². The average molecular weight is 603 g/mol. The van der Waals surface area contributed by atoms with Gasteiger partial charge in [0.05, 0.1) is 11.1 Å². The van der Waals surface area contributed by atoms with Crippen LogP contribution in [-0.2, 0) is 18.9 Å².